The van der Waals surface area contributed by atoms with Crippen molar-refractivity contribution in [3.63, 3.8) is 0 Å². The summed E-state index contributed by atoms with van der Waals surface area (Å²) in [7, 11) is -0.0340. The molecule has 74 heavy (non-hydrogen) atoms. The van der Waals surface area contributed by atoms with Gasteiger partial charge in [0.15, 0.2) is 29.4 Å². The van der Waals surface area contributed by atoms with Crippen LogP contribution >= 0.6 is 21.6 Å². The van der Waals surface area contributed by atoms with Crippen molar-refractivity contribution in [2.24, 2.45) is 16.7 Å². The minimum absolute atomic E-state index is 0.0343. The van der Waals surface area contributed by atoms with Gasteiger partial charge in [0, 0.05) is 37.4 Å². The summed E-state index contributed by atoms with van der Waals surface area (Å²) in [6.45, 7) is 19.3. The van der Waals surface area contributed by atoms with Crippen LogP contribution in [0.15, 0.2) is 79.8 Å². The highest BCUT2D eigenvalue weighted by Crippen LogP contribution is 2.64. The lowest BCUT2D eigenvalue weighted by Crippen LogP contribution is -2.82. The van der Waals surface area contributed by atoms with Gasteiger partial charge >= 0.3 is 23.9 Å². The van der Waals surface area contributed by atoms with E-state index in [9.17, 15) is 29.4 Å². The molecule has 3 aliphatic carbocycles. The molecule has 0 radical (unpaired) electrons. The second-order valence-electron chi connectivity index (χ2n) is 21.6. The molecule has 3 aromatic rings. The van der Waals surface area contributed by atoms with Crippen LogP contribution in [0.1, 0.15) is 135 Å². The molecule has 3 fully saturated rings. The molecule has 3 N–H and O–H groups in total. The molecule has 2 bridgehead atoms. The first-order chi connectivity index (χ1) is 34.8. The highest BCUT2D eigenvalue weighted by Gasteiger charge is 2.78. The Morgan fingerprint density at radius 1 is 0.932 bits per heavy atom. The zero-order valence-electron chi connectivity index (χ0n) is 44.1. The quantitative estimate of drug-likeness (QED) is 0.0239. The van der Waals surface area contributed by atoms with Gasteiger partial charge in [0.25, 0.3) is 5.91 Å². The summed E-state index contributed by atoms with van der Waals surface area (Å²) in [5.74, 6) is -5.94. The lowest BCUT2D eigenvalue weighted by Gasteiger charge is -2.67. The number of aliphatic hydroxyl groups is 2. The first kappa shape index (κ1) is 57.1. The number of carbonyl (C=O) groups excluding carboxylic acids is 6. The first-order valence-corrected chi connectivity index (χ1v) is 30.0. The molecule has 7 rings (SSSR count). The summed E-state index contributed by atoms with van der Waals surface area (Å²) >= 11 is 0. The van der Waals surface area contributed by atoms with Gasteiger partial charge < -0.3 is 56.9 Å². The molecule has 0 spiro atoms. The normalized spacial score (nSPS) is 29.3. The van der Waals surface area contributed by atoms with E-state index in [2.05, 4.69) is 5.32 Å². The van der Waals surface area contributed by atoms with E-state index in [0.717, 1.165) is 6.26 Å². The Balaban J connectivity index is 1.46. The summed E-state index contributed by atoms with van der Waals surface area (Å²) in [6, 6.07) is 6.22. The smallest absolute Gasteiger partial charge is 0.341 e. The number of carbonyl (C=O) groups is 6. The van der Waals surface area contributed by atoms with Gasteiger partial charge in [-0.2, -0.15) is 0 Å². The summed E-state index contributed by atoms with van der Waals surface area (Å²) in [4.78, 5) is 87.7. The van der Waals surface area contributed by atoms with Crippen LogP contribution in [0.25, 0.3) is 0 Å². The molecule has 1 aliphatic heterocycles. The number of ketones is 1. The average molecular weight is 1090 g/mol. The standard InChI is InChI=1S/C53H71NO17S2Si/c1-28(2)74(29(3)4,30(5)6)71-43(41(34-16-13-20-64-34)54-47(59)35-17-14-21-65-35)49(61)67-36-25-53(62)46(69-48(60)33-19-22-63-26-33)44-51(11,37(56)24-38-52(44,27-66-38)70-32(8)55)45(58)42(40(31(36)7)50(53,9)10)68-39(57)18-15-23-73-72-12/h13-14,16-17,19-22,26,28-30,36-38,41-44,46,56,62H,15,18,23-25,27H2,1-12H3,(H,54,59)/t36-,37-,38+,41-,42+,43+,44-,46-,51+,52-,53+/m0/s1. The van der Waals surface area contributed by atoms with Crippen molar-refractivity contribution in [3.8, 4) is 0 Å². The number of esters is 4. The molecule has 406 valence electrons. The summed E-state index contributed by atoms with van der Waals surface area (Å²) < 4.78 is 55.6. The molecule has 11 atom stereocenters. The minimum Gasteiger partial charge on any atom is -0.472 e. The number of nitrogens with one attached hydrogen (secondary N) is 1. The lowest BCUT2D eigenvalue weighted by molar-refractivity contribution is -0.346. The van der Waals surface area contributed by atoms with Crippen molar-refractivity contribution in [2.45, 2.75) is 172 Å². The third-order valence-corrected chi connectivity index (χ3v) is 24.3. The van der Waals surface area contributed by atoms with Crippen LogP contribution in [0.3, 0.4) is 0 Å². The fraction of sp³-hybridized carbons (Fsp3) is 0.623. The number of hydrogen-bond donors (Lipinski definition) is 3. The molecular weight excluding hydrogens is 1010 g/mol. The predicted octanol–water partition coefficient (Wildman–Crippen LogP) is 8.49. The zero-order valence-corrected chi connectivity index (χ0v) is 46.8. The van der Waals surface area contributed by atoms with Crippen LogP contribution in [-0.2, 0) is 47.3 Å². The Morgan fingerprint density at radius 3 is 2.16 bits per heavy atom. The van der Waals surface area contributed by atoms with Crippen molar-refractivity contribution in [2.75, 3.05) is 18.6 Å². The Kier molecular flexibility index (Phi) is 17.1. The van der Waals surface area contributed by atoms with Crippen LogP contribution in [-0.4, -0.2) is 121 Å². The molecule has 4 heterocycles. The number of aliphatic hydroxyl groups excluding tert-OH is 1. The fourth-order valence-electron chi connectivity index (χ4n) is 12.7. The van der Waals surface area contributed by atoms with E-state index >= 15 is 9.59 Å². The molecule has 3 aromatic heterocycles. The van der Waals surface area contributed by atoms with E-state index in [4.69, 9.17) is 41.4 Å². The number of hydrogen-bond acceptors (Lipinski definition) is 19. The molecule has 1 amide bonds. The van der Waals surface area contributed by atoms with E-state index in [1.54, 1.807) is 49.8 Å². The van der Waals surface area contributed by atoms with Gasteiger partial charge in [-0.3, -0.25) is 19.2 Å². The fourth-order valence-corrected chi connectivity index (χ4v) is 19.5. The van der Waals surface area contributed by atoms with E-state index in [1.165, 1.54) is 55.6 Å². The summed E-state index contributed by atoms with van der Waals surface area (Å²) in [5, 5.41) is 29.5. The maximum Gasteiger partial charge on any atom is 0.341 e. The van der Waals surface area contributed by atoms with Crippen LogP contribution in [0, 0.1) is 16.7 Å². The molecule has 4 aliphatic rings. The van der Waals surface area contributed by atoms with Crippen molar-refractivity contribution in [1.29, 1.82) is 0 Å². The highest BCUT2D eigenvalue weighted by atomic mass is 33.1. The number of ether oxygens (including phenoxy) is 5. The maximum atomic E-state index is 16.1. The topological polar surface area (TPSA) is 250 Å². The number of furan rings is 3. The van der Waals surface area contributed by atoms with Gasteiger partial charge in [0.2, 0.25) is 8.32 Å². The van der Waals surface area contributed by atoms with Crippen molar-refractivity contribution in [1.82, 2.24) is 5.32 Å². The van der Waals surface area contributed by atoms with Crippen LogP contribution < -0.4 is 5.32 Å². The van der Waals surface area contributed by atoms with Gasteiger partial charge in [0.1, 0.15) is 42.0 Å². The molecule has 21 heteroatoms. The van der Waals surface area contributed by atoms with Crippen LogP contribution in [0.2, 0.25) is 16.6 Å². The van der Waals surface area contributed by atoms with E-state index in [0.29, 0.717) is 12.2 Å². The number of Topliss-reactive ketones (excluding diaryl/α,β-unsaturated/α-hetero) is 1. The highest BCUT2D eigenvalue weighted by molar-refractivity contribution is 8.76. The lowest BCUT2D eigenvalue weighted by atomic mass is 9.44. The Bertz CT molecular complexity index is 2520. The van der Waals surface area contributed by atoms with Gasteiger partial charge in [-0.1, -0.05) is 77.0 Å². The van der Waals surface area contributed by atoms with E-state index in [1.807, 2.05) is 47.8 Å². The first-order valence-electron chi connectivity index (χ1n) is 25.1. The van der Waals surface area contributed by atoms with Gasteiger partial charge in [-0.05, 0) is 84.6 Å². The summed E-state index contributed by atoms with van der Waals surface area (Å²) in [5.41, 5.74) is -8.10. The average Bonchev–Trinajstić information content (AvgIpc) is 4.17. The largest absolute Gasteiger partial charge is 0.472 e. The molecule has 1 saturated heterocycles. The second kappa shape index (κ2) is 22.1. The van der Waals surface area contributed by atoms with Crippen molar-refractivity contribution < 1.29 is 80.3 Å². The predicted molar refractivity (Wildman–Crippen MR) is 274 cm³/mol. The third-order valence-electron chi connectivity index (χ3n) is 16.3. The zero-order chi connectivity index (χ0) is 54.3. The van der Waals surface area contributed by atoms with Crippen LogP contribution in [0.5, 0.6) is 0 Å². The molecule has 0 aromatic carbocycles. The van der Waals surface area contributed by atoms with Gasteiger partial charge in [0.05, 0.1) is 48.4 Å². The molecule has 0 unspecified atom stereocenters. The molecule has 2 saturated carbocycles. The van der Waals surface area contributed by atoms with Crippen LogP contribution in [0.4, 0.5) is 0 Å². The van der Waals surface area contributed by atoms with Crippen molar-refractivity contribution in [3.05, 3.63) is 83.6 Å². The number of amides is 1. The third kappa shape index (κ3) is 9.98. The molecule has 18 nitrogen and oxygen atoms in total. The Morgan fingerprint density at radius 2 is 1.61 bits per heavy atom. The monoisotopic (exact) mass is 1090 g/mol. The number of fused-ring (bicyclic) bond motifs is 5. The maximum absolute atomic E-state index is 16.1. The van der Waals surface area contributed by atoms with Gasteiger partial charge in [-0.15, -0.1) is 0 Å². The number of rotatable bonds is 20. The van der Waals surface area contributed by atoms with E-state index in [-0.39, 0.29) is 64.3 Å². The Labute approximate surface area is 440 Å². The van der Waals surface area contributed by atoms with E-state index < -0.39 is 121 Å². The minimum atomic E-state index is -3.10. The summed E-state index contributed by atoms with van der Waals surface area (Å²) in [6.07, 6.45) is -2.88. The Hall–Kier alpha value is -4.64. The van der Waals surface area contributed by atoms with Crippen molar-refractivity contribution >= 4 is 65.5 Å². The SMILES string of the molecule is CSSCCCC(=O)O[C@H]1C(=O)[C@@]2(C)[C@H]([C@H](OC(=O)c3ccoc3)[C@]3(O)C[C@H](OC(=O)[C@H](O[Si](C(C)C)(C(C)C)C(C)C)[C@@H](NC(=O)c4ccco4)c4ccco4)C(C)=C1C3(C)C)[C@]1(OC(C)=O)CO[C@@H]1C[C@@H]2O. The second-order valence-corrected chi connectivity index (χ2v) is 29.7. The van der Waals surface area contributed by atoms with Gasteiger partial charge in [-0.25, -0.2) is 9.59 Å². The molecular formula is C53H71NO17S2Si.